The molecule has 0 unspecified atom stereocenters. The van der Waals surface area contributed by atoms with E-state index in [4.69, 9.17) is 4.74 Å². The lowest BCUT2D eigenvalue weighted by Gasteiger charge is -2.37. The molecule has 1 aromatic rings. The maximum Gasteiger partial charge on any atom is 0.157 e. The Kier molecular flexibility index (Phi) is 6.21. The second-order valence-electron chi connectivity index (χ2n) is 5.19. The minimum atomic E-state index is -0.386. The Morgan fingerprint density at radius 3 is 2.35 bits per heavy atom. The molecule has 0 spiro atoms. The van der Waals surface area contributed by atoms with E-state index < -0.39 is 0 Å². The Bertz CT molecular complexity index is 468. The number of hydrogen-bond donors (Lipinski definition) is 0. The van der Waals surface area contributed by atoms with Crippen molar-refractivity contribution < 1.29 is 9.53 Å². The number of nitrogens with zero attached hydrogens (tertiary/aromatic N) is 1. The van der Waals surface area contributed by atoms with Crippen LogP contribution in [0, 0.1) is 0 Å². The first-order chi connectivity index (χ1) is 9.41. The van der Waals surface area contributed by atoms with E-state index in [0.717, 1.165) is 28.6 Å². The first-order valence-corrected chi connectivity index (χ1v) is 7.73. The number of halogens is 1. The summed E-state index contributed by atoms with van der Waals surface area (Å²) in [5, 5.41) is 0. The molecule has 112 valence electrons. The highest BCUT2D eigenvalue weighted by Crippen LogP contribution is 2.28. The molecule has 0 saturated carbocycles. The van der Waals surface area contributed by atoms with Crippen molar-refractivity contribution in [1.82, 2.24) is 4.90 Å². The van der Waals surface area contributed by atoms with E-state index in [2.05, 4.69) is 29.8 Å². The first kappa shape index (κ1) is 17.2. The highest BCUT2D eigenvalue weighted by Gasteiger charge is 2.36. The van der Waals surface area contributed by atoms with Gasteiger partial charge in [0, 0.05) is 10.9 Å². The number of rotatable bonds is 7. The van der Waals surface area contributed by atoms with E-state index >= 15 is 0 Å². The van der Waals surface area contributed by atoms with Crippen LogP contribution in [0.15, 0.2) is 22.7 Å². The molecule has 0 aromatic heterocycles. The fourth-order valence-electron chi connectivity index (χ4n) is 2.68. The quantitative estimate of drug-likeness (QED) is 0.757. The van der Waals surface area contributed by atoms with Crippen LogP contribution in [0.4, 0.5) is 0 Å². The number of hydrogen-bond acceptors (Lipinski definition) is 3. The smallest absolute Gasteiger partial charge is 0.157 e. The highest BCUT2D eigenvalue weighted by atomic mass is 79.9. The van der Waals surface area contributed by atoms with E-state index in [1.165, 1.54) is 0 Å². The van der Waals surface area contributed by atoms with Crippen molar-refractivity contribution in [2.45, 2.75) is 38.6 Å². The molecule has 0 radical (unpaired) electrons. The minimum absolute atomic E-state index is 0.251. The minimum Gasteiger partial charge on any atom is -0.497 e. The Balaban J connectivity index is 3.05. The van der Waals surface area contributed by atoms with Gasteiger partial charge in [0.05, 0.1) is 12.6 Å². The van der Waals surface area contributed by atoms with Crippen LogP contribution in [0.5, 0.6) is 5.75 Å². The summed E-state index contributed by atoms with van der Waals surface area (Å²) < 4.78 is 6.19. The predicted octanol–water partition coefficient (Wildman–Crippen LogP) is 3.69. The van der Waals surface area contributed by atoms with Gasteiger partial charge >= 0.3 is 0 Å². The van der Waals surface area contributed by atoms with Gasteiger partial charge in [-0.15, -0.1) is 0 Å². The standard InChI is InChI=1S/C16H24BrNO2/c1-6-16(7-2,18(3)4)15(19)11-12-10-13(20-5)8-9-14(12)17/h8-10H,6-7,11H2,1-5H3. The van der Waals surface area contributed by atoms with Crippen molar-refractivity contribution in [3.8, 4) is 5.75 Å². The summed E-state index contributed by atoms with van der Waals surface area (Å²) in [5.74, 6) is 1.03. The summed E-state index contributed by atoms with van der Waals surface area (Å²) in [6.07, 6.45) is 2.05. The van der Waals surface area contributed by atoms with Gasteiger partial charge in [0.25, 0.3) is 0 Å². The predicted molar refractivity (Wildman–Crippen MR) is 86.4 cm³/mol. The number of carbonyl (C=O) groups excluding carboxylic acids is 1. The Morgan fingerprint density at radius 1 is 1.30 bits per heavy atom. The molecule has 0 amide bonds. The molecule has 0 heterocycles. The number of carbonyl (C=O) groups is 1. The molecule has 0 atom stereocenters. The Labute approximate surface area is 130 Å². The maximum atomic E-state index is 12.8. The lowest BCUT2D eigenvalue weighted by molar-refractivity contribution is -0.129. The highest BCUT2D eigenvalue weighted by molar-refractivity contribution is 9.10. The largest absolute Gasteiger partial charge is 0.497 e. The van der Waals surface area contributed by atoms with Crippen LogP contribution in [-0.2, 0) is 11.2 Å². The van der Waals surface area contributed by atoms with Crippen molar-refractivity contribution in [2.75, 3.05) is 21.2 Å². The number of ketones is 1. The molecule has 0 aliphatic rings. The number of likely N-dealkylation sites (N-methyl/N-ethyl adjacent to an activating group) is 1. The maximum absolute atomic E-state index is 12.8. The lowest BCUT2D eigenvalue weighted by atomic mass is 9.83. The van der Waals surface area contributed by atoms with Crippen LogP contribution in [0.3, 0.4) is 0 Å². The molecule has 3 nitrogen and oxygen atoms in total. The van der Waals surface area contributed by atoms with Crippen molar-refractivity contribution in [2.24, 2.45) is 0 Å². The van der Waals surface area contributed by atoms with Crippen molar-refractivity contribution in [3.63, 3.8) is 0 Å². The van der Waals surface area contributed by atoms with Crippen LogP contribution >= 0.6 is 15.9 Å². The monoisotopic (exact) mass is 341 g/mol. The van der Waals surface area contributed by atoms with E-state index in [1.54, 1.807) is 7.11 Å². The number of methoxy groups -OCH3 is 1. The van der Waals surface area contributed by atoms with Gasteiger partial charge < -0.3 is 4.74 Å². The molecule has 0 N–H and O–H groups in total. The van der Waals surface area contributed by atoms with Crippen molar-refractivity contribution in [1.29, 1.82) is 0 Å². The van der Waals surface area contributed by atoms with Crippen LogP contribution in [-0.4, -0.2) is 37.4 Å². The molecule has 1 aromatic carbocycles. The molecule has 1 rings (SSSR count). The van der Waals surface area contributed by atoms with E-state index in [1.807, 2.05) is 37.2 Å². The molecular formula is C16H24BrNO2. The summed E-state index contributed by atoms with van der Waals surface area (Å²) in [5.41, 5.74) is 0.588. The third-order valence-electron chi connectivity index (χ3n) is 4.15. The van der Waals surface area contributed by atoms with Crippen molar-refractivity contribution in [3.05, 3.63) is 28.2 Å². The number of Topliss-reactive ketones (excluding diaryl/α,β-unsaturated/α-hetero) is 1. The normalized spacial score (nSPS) is 11.8. The van der Waals surface area contributed by atoms with Gasteiger partial charge in [-0.2, -0.15) is 0 Å². The summed E-state index contributed by atoms with van der Waals surface area (Å²) in [7, 11) is 5.59. The zero-order chi connectivity index (χ0) is 15.3. The first-order valence-electron chi connectivity index (χ1n) is 6.94. The Morgan fingerprint density at radius 2 is 1.90 bits per heavy atom. The average Bonchev–Trinajstić information content (AvgIpc) is 2.43. The van der Waals surface area contributed by atoms with Gasteiger partial charge in [-0.05, 0) is 50.7 Å². The molecule has 0 aliphatic carbocycles. The summed E-state index contributed by atoms with van der Waals surface area (Å²) >= 11 is 3.51. The van der Waals surface area contributed by atoms with Crippen molar-refractivity contribution >= 4 is 21.7 Å². The topological polar surface area (TPSA) is 29.5 Å². The molecule has 0 bridgehead atoms. The third-order valence-corrected chi connectivity index (χ3v) is 4.92. The lowest BCUT2D eigenvalue weighted by Crippen LogP contribution is -2.51. The summed E-state index contributed by atoms with van der Waals surface area (Å²) in [6.45, 7) is 4.14. The molecular weight excluding hydrogens is 318 g/mol. The number of benzene rings is 1. The fourth-order valence-corrected chi connectivity index (χ4v) is 3.06. The third kappa shape index (κ3) is 3.41. The molecule has 0 saturated heterocycles. The van der Waals surface area contributed by atoms with Crippen LogP contribution in [0.1, 0.15) is 32.3 Å². The average molecular weight is 342 g/mol. The zero-order valence-corrected chi connectivity index (χ0v) is 14.6. The van der Waals surface area contributed by atoms with Gasteiger partial charge in [-0.3, -0.25) is 9.69 Å². The molecule has 20 heavy (non-hydrogen) atoms. The van der Waals surface area contributed by atoms with E-state index in [-0.39, 0.29) is 11.3 Å². The van der Waals surface area contributed by atoms with E-state index in [9.17, 15) is 4.79 Å². The van der Waals surface area contributed by atoms with Gasteiger partial charge in [-0.1, -0.05) is 29.8 Å². The van der Waals surface area contributed by atoms with Gasteiger partial charge in [0.1, 0.15) is 5.75 Å². The molecule has 4 heteroatoms. The van der Waals surface area contributed by atoms with Gasteiger partial charge in [0.2, 0.25) is 0 Å². The molecule has 0 fully saturated rings. The van der Waals surface area contributed by atoms with Crippen LogP contribution in [0.25, 0.3) is 0 Å². The SMILES string of the molecule is CCC(CC)(C(=O)Cc1cc(OC)ccc1Br)N(C)C. The fraction of sp³-hybridized carbons (Fsp3) is 0.562. The van der Waals surface area contributed by atoms with Gasteiger partial charge in [0.15, 0.2) is 5.78 Å². The van der Waals surface area contributed by atoms with Crippen LogP contribution < -0.4 is 4.74 Å². The van der Waals surface area contributed by atoms with Crippen LogP contribution in [0.2, 0.25) is 0 Å². The second kappa shape index (κ2) is 7.23. The van der Waals surface area contributed by atoms with Gasteiger partial charge in [-0.25, -0.2) is 0 Å². The number of ether oxygens (including phenoxy) is 1. The zero-order valence-electron chi connectivity index (χ0n) is 13.0. The summed E-state index contributed by atoms with van der Waals surface area (Å²) in [4.78, 5) is 14.8. The Hall–Kier alpha value is -0.870. The summed E-state index contributed by atoms with van der Waals surface area (Å²) in [6, 6.07) is 5.74. The molecule has 0 aliphatic heterocycles. The second-order valence-corrected chi connectivity index (χ2v) is 6.04. The van der Waals surface area contributed by atoms with E-state index in [0.29, 0.717) is 6.42 Å².